The highest BCUT2D eigenvalue weighted by molar-refractivity contribution is 5.83. The van der Waals surface area contributed by atoms with Crippen LogP contribution < -0.4 is 5.32 Å². The minimum absolute atomic E-state index is 0.134. The van der Waals surface area contributed by atoms with Crippen LogP contribution in [-0.2, 0) is 4.79 Å². The fraction of sp³-hybridized carbons (Fsp3) is 0.625. The smallest absolute Gasteiger partial charge is 0.351 e. The Morgan fingerprint density at radius 2 is 2.07 bits per heavy atom. The van der Waals surface area contributed by atoms with Crippen molar-refractivity contribution in [2.24, 2.45) is 0 Å². The normalized spacial score (nSPS) is 11.1. The lowest BCUT2D eigenvalue weighted by molar-refractivity contribution is -0.169. The predicted octanol–water partition coefficient (Wildman–Crippen LogP) is 1.42. The summed E-state index contributed by atoms with van der Waals surface area (Å²) in [6, 6.07) is 0. The van der Waals surface area contributed by atoms with Gasteiger partial charge in [-0.3, -0.25) is 4.79 Å². The molecule has 0 aromatic rings. The number of alkyl halides is 4. The third kappa shape index (κ3) is 3.64. The largest absolute Gasteiger partial charge is 0.383 e. The fourth-order valence-electron chi connectivity index (χ4n) is 0.609. The summed E-state index contributed by atoms with van der Waals surface area (Å²) in [5.74, 6) is -4.38. The Labute approximate surface area is 78.7 Å². The molecule has 0 radical (unpaired) electrons. The Balaban J connectivity index is 3.91. The van der Waals surface area contributed by atoms with Crippen molar-refractivity contribution in [2.75, 3.05) is 6.54 Å². The maximum absolute atomic E-state index is 12.2. The van der Waals surface area contributed by atoms with Crippen molar-refractivity contribution in [1.29, 1.82) is 0 Å². The number of nitrogens with one attached hydrogen (secondary N) is 1. The third-order valence-corrected chi connectivity index (χ3v) is 1.36. The molecule has 1 N–H and O–H groups in total. The highest BCUT2D eigenvalue weighted by atomic mass is 19.3. The fourth-order valence-corrected chi connectivity index (χ4v) is 0.609. The summed E-state index contributed by atoms with van der Waals surface area (Å²) in [4.78, 5) is 10.5. The van der Waals surface area contributed by atoms with Gasteiger partial charge in [0.25, 0.3) is 5.91 Å². The molecule has 2 nitrogen and oxygen atoms in total. The van der Waals surface area contributed by atoms with E-state index in [9.17, 15) is 22.4 Å². The first-order valence-corrected chi connectivity index (χ1v) is 3.80. The van der Waals surface area contributed by atoms with Gasteiger partial charge < -0.3 is 5.32 Å². The van der Waals surface area contributed by atoms with Crippen LogP contribution >= 0.6 is 0 Å². The number of carbonyl (C=O) groups excluding carboxylic acids is 1. The van der Waals surface area contributed by atoms with E-state index in [0.29, 0.717) is 6.42 Å². The van der Waals surface area contributed by atoms with Crippen molar-refractivity contribution >= 4 is 5.91 Å². The van der Waals surface area contributed by atoms with Gasteiger partial charge in [-0.05, 0) is 6.42 Å². The van der Waals surface area contributed by atoms with Gasteiger partial charge >= 0.3 is 12.3 Å². The summed E-state index contributed by atoms with van der Waals surface area (Å²) in [6.07, 6.45) is 1.43. The van der Waals surface area contributed by atoms with Crippen molar-refractivity contribution in [3.05, 3.63) is 0 Å². The Hall–Kier alpha value is -1.25. The summed E-state index contributed by atoms with van der Waals surface area (Å²) in [7, 11) is 0. The van der Waals surface area contributed by atoms with Gasteiger partial charge in [-0.1, -0.05) is 0 Å². The maximum atomic E-state index is 12.2. The van der Waals surface area contributed by atoms with E-state index >= 15 is 0 Å². The zero-order valence-electron chi connectivity index (χ0n) is 7.20. The number of halogens is 4. The second-order valence-corrected chi connectivity index (χ2v) is 2.49. The maximum Gasteiger partial charge on any atom is 0.383 e. The molecule has 0 heterocycles. The summed E-state index contributed by atoms with van der Waals surface area (Å²) in [6.45, 7) is -0.134. The average Bonchev–Trinajstić information content (AvgIpc) is 2.11. The van der Waals surface area contributed by atoms with Crippen LogP contribution in [0.5, 0.6) is 0 Å². The van der Waals surface area contributed by atoms with E-state index in [-0.39, 0.29) is 13.0 Å². The molecule has 0 rings (SSSR count). The number of carbonyl (C=O) groups is 1. The first-order valence-electron chi connectivity index (χ1n) is 3.80. The molecule has 80 valence electrons. The first-order chi connectivity index (χ1) is 6.42. The molecular formula is C8H9F4NO. The van der Waals surface area contributed by atoms with Crippen molar-refractivity contribution in [2.45, 2.75) is 25.2 Å². The second-order valence-electron chi connectivity index (χ2n) is 2.49. The summed E-state index contributed by atoms with van der Waals surface area (Å²) in [5, 5.41) is 1.67. The number of terminal acetylenes is 1. The molecule has 0 bridgehead atoms. The van der Waals surface area contributed by atoms with Crippen LogP contribution in [0.4, 0.5) is 17.6 Å². The van der Waals surface area contributed by atoms with E-state index in [1.807, 2.05) is 0 Å². The summed E-state index contributed by atoms with van der Waals surface area (Å²) >= 11 is 0. The Bertz CT molecular complexity index is 234. The third-order valence-electron chi connectivity index (χ3n) is 1.36. The van der Waals surface area contributed by atoms with Crippen LogP contribution in [0, 0.1) is 12.3 Å². The van der Waals surface area contributed by atoms with Gasteiger partial charge in [0.15, 0.2) is 0 Å². The van der Waals surface area contributed by atoms with Crippen molar-refractivity contribution in [3.8, 4) is 12.3 Å². The molecule has 0 saturated carbocycles. The molecule has 0 aromatic carbocycles. The SMILES string of the molecule is C#CCCCNC(=O)C(F)(F)C(F)F. The standard InChI is InChI=1S/C8H9F4NO/c1-2-3-4-5-13-7(14)8(11,12)6(9)10/h1,6H,3-5H2,(H,13,14). The van der Waals surface area contributed by atoms with E-state index in [4.69, 9.17) is 6.42 Å². The van der Waals surface area contributed by atoms with Gasteiger partial charge in [-0.2, -0.15) is 8.78 Å². The zero-order valence-corrected chi connectivity index (χ0v) is 7.20. The molecule has 0 aliphatic rings. The number of rotatable bonds is 5. The Kier molecular flexibility index (Phi) is 4.99. The van der Waals surface area contributed by atoms with Gasteiger partial charge in [0.1, 0.15) is 0 Å². The molecule has 0 aliphatic carbocycles. The molecule has 0 aromatic heterocycles. The molecule has 14 heavy (non-hydrogen) atoms. The molecule has 6 heteroatoms. The van der Waals surface area contributed by atoms with Crippen LogP contribution in [0.2, 0.25) is 0 Å². The van der Waals surface area contributed by atoms with Gasteiger partial charge in [0, 0.05) is 13.0 Å². The molecule has 0 spiro atoms. The number of hydrogen-bond acceptors (Lipinski definition) is 1. The highest BCUT2D eigenvalue weighted by Gasteiger charge is 2.48. The molecule has 1 amide bonds. The molecule has 0 saturated heterocycles. The topological polar surface area (TPSA) is 29.1 Å². The molecule has 0 unspecified atom stereocenters. The van der Waals surface area contributed by atoms with Gasteiger partial charge in [-0.15, -0.1) is 12.3 Å². The van der Waals surface area contributed by atoms with Crippen molar-refractivity contribution in [3.63, 3.8) is 0 Å². The average molecular weight is 211 g/mol. The second kappa shape index (κ2) is 5.47. The van der Waals surface area contributed by atoms with E-state index in [0.717, 1.165) is 0 Å². The predicted molar refractivity (Wildman–Crippen MR) is 42.0 cm³/mol. The number of unbranched alkanes of at least 4 members (excludes halogenated alkanes) is 1. The summed E-state index contributed by atoms with van der Waals surface area (Å²) in [5.41, 5.74) is 0. The first kappa shape index (κ1) is 12.8. The molecular weight excluding hydrogens is 202 g/mol. The van der Waals surface area contributed by atoms with Crippen molar-refractivity contribution in [1.82, 2.24) is 5.32 Å². The lowest BCUT2D eigenvalue weighted by Crippen LogP contribution is -2.45. The minimum atomic E-state index is -4.63. The van der Waals surface area contributed by atoms with E-state index < -0.39 is 18.3 Å². The highest BCUT2D eigenvalue weighted by Crippen LogP contribution is 2.22. The Morgan fingerprint density at radius 1 is 1.50 bits per heavy atom. The Morgan fingerprint density at radius 3 is 2.50 bits per heavy atom. The molecule has 0 fully saturated rings. The zero-order chi connectivity index (χ0) is 11.2. The van der Waals surface area contributed by atoms with Crippen LogP contribution in [0.25, 0.3) is 0 Å². The number of amides is 1. The van der Waals surface area contributed by atoms with Gasteiger partial charge in [-0.25, -0.2) is 8.78 Å². The lowest BCUT2D eigenvalue weighted by Gasteiger charge is -2.14. The van der Waals surface area contributed by atoms with Crippen LogP contribution in [0.1, 0.15) is 12.8 Å². The number of hydrogen-bond donors (Lipinski definition) is 1. The van der Waals surface area contributed by atoms with Crippen LogP contribution in [0.3, 0.4) is 0 Å². The van der Waals surface area contributed by atoms with E-state index in [1.165, 1.54) is 0 Å². The molecule has 0 aliphatic heterocycles. The van der Waals surface area contributed by atoms with Crippen LogP contribution in [0.15, 0.2) is 0 Å². The van der Waals surface area contributed by atoms with Gasteiger partial charge in [0.05, 0.1) is 0 Å². The minimum Gasteiger partial charge on any atom is -0.351 e. The monoisotopic (exact) mass is 211 g/mol. The lowest BCUT2D eigenvalue weighted by atomic mass is 10.3. The van der Waals surface area contributed by atoms with Crippen LogP contribution in [-0.4, -0.2) is 24.8 Å². The molecule has 0 atom stereocenters. The summed E-state index contributed by atoms with van der Waals surface area (Å²) < 4.78 is 47.7. The van der Waals surface area contributed by atoms with Gasteiger partial charge in [0.2, 0.25) is 0 Å². The van der Waals surface area contributed by atoms with E-state index in [2.05, 4.69) is 5.92 Å². The van der Waals surface area contributed by atoms with E-state index in [1.54, 1.807) is 5.32 Å². The van der Waals surface area contributed by atoms with Crippen molar-refractivity contribution < 1.29 is 22.4 Å². The quantitative estimate of drug-likeness (QED) is 0.416.